The first-order valence-electron chi connectivity index (χ1n) is 3.90. The van der Waals surface area contributed by atoms with E-state index in [0.29, 0.717) is 5.75 Å². The molecule has 0 fully saturated rings. The fraction of sp³-hybridized carbons (Fsp3) is 0.333. The Morgan fingerprint density at radius 2 is 1.92 bits per heavy atom. The highest BCUT2D eigenvalue weighted by Gasteiger charge is 1.98. The van der Waals surface area contributed by atoms with Crippen LogP contribution < -0.4 is 10.7 Å². The van der Waals surface area contributed by atoms with Gasteiger partial charge < -0.3 is 9.94 Å². The predicted molar refractivity (Wildman–Crippen MR) is 49.0 cm³/mol. The lowest BCUT2D eigenvalue weighted by Crippen LogP contribution is -2.01. The fourth-order valence-corrected chi connectivity index (χ4v) is 0.727. The Morgan fingerprint density at radius 3 is 2.33 bits per heavy atom. The van der Waals surface area contributed by atoms with E-state index in [4.69, 9.17) is 11.0 Å². The van der Waals surface area contributed by atoms with Crippen LogP contribution in [0.4, 0.5) is 0 Å². The van der Waals surface area contributed by atoms with Gasteiger partial charge in [0.2, 0.25) is 0 Å². The summed E-state index contributed by atoms with van der Waals surface area (Å²) in [5, 5.41) is 9.09. The molecule has 0 amide bonds. The molecule has 0 radical (unpaired) electrons. The maximum atomic E-state index is 9.09. The SMILES string of the molecule is CC.Cc1ccc(ON)c(O)c1. The highest BCUT2D eigenvalue weighted by atomic mass is 16.6. The number of aryl methyl sites for hydroxylation is 1. The van der Waals surface area contributed by atoms with Crippen LogP contribution in [0.2, 0.25) is 0 Å². The number of hydrogen-bond acceptors (Lipinski definition) is 3. The summed E-state index contributed by atoms with van der Waals surface area (Å²) < 4.78 is 0. The second-order valence-electron chi connectivity index (χ2n) is 2.09. The quantitative estimate of drug-likeness (QED) is 0.632. The summed E-state index contributed by atoms with van der Waals surface area (Å²) in [6.45, 7) is 5.88. The van der Waals surface area contributed by atoms with Gasteiger partial charge in [0.25, 0.3) is 0 Å². The standard InChI is InChI=1S/C7H9NO2.C2H6/c1-5-2-3-7(10-8)6(9)4-5;1-2/h2-4,9H,8H2,1H3;1-2H3. The third-order valence-corrected chi connectivity index (χ3v) is 1.24. The molecule has 3 N–H and O–H groups in total. The lowest BCUT2D eigenvalue weighted by molar-refractivity contribution is 0.312. The molecule has 3 nitrogen and oxygen atoms in total. The molecule has 0 heterocycles. The summed E-state index contributed by atoms with van der Waals surface area (Å²) in [5.41, 5.74) is 0.971. The number of benzene rings is 1. The van der Waals surface area contributed by atoms with Crippen LogP contribution in [-0.4, -0.2) is 5.11 Å². The van der Waals surface area contributed by atoms with Gasteiger partial charge >= 0.3 is 0 Å². The van der Waals surface area contributed by atoms with E-state index in [9.17, 15) is 0 Å². The molecule has 68 valence electrons. The Balaban J connectivity index is 0.000000561. The maximum absolute atomic E-state index is 9.09. The fourth-order valence-electron chi connectivity index (χ4n) is 0.727. The molecule has 1 aromatic carbocycles. The van der Waals surface area contributed by atoms with Crippen LogP contribution in [0.3, 0.4) is 0 Å². The Hall–Kier alpha value is -1.22. The van der Waals surface area contributed by atoms with Crippen molar-refractivity contribution in [3.63, 3.8) is 0 Å². The molecular weight excluding hydrogens is 154 g/mol. The smallest absolute Gasteiger partial charge is 0.188 e. The van der Waals surface area contributed by atoms with E-state index in [1.165, 1.54) is 0 Å². The van der Waals surface area contributed by atoms with Gasteiger partial charge in [0.05, 0.1) is 0 Å². The number of aromatic hydroxyl groups is 1. The van der Waals surface area contributed by atoms with Gasteiger partial charge in [-0.2, -0.15) is 5.90 Å². The van der Waals surface area contributed by atoms with E-state index < -0.39 is 0 Å². The minimum atomic E-state index is 0.0718. The van der Waals surface area contributed by atoms with Gasteiger partial charge in [0.1, 0.15) is 0 Å². The number of rotatable bonds is 1. The third kappa shape index (κ3) is 2.80. The van der Waals surface area contributed by atoms with Crippen LogP contribution in [0.15, 0.2) is 18.2 Å². The van der Waals surface area contributed by atoms with Gasteiger partial charge in [0.15, 0.2) is 11.5 Å². The van der Waals surface area contributed by atoms with Gasteiger partial charge in [0, 0.05) is 0 Å². The molecule has 0 spiro atoms. The lowest BCUT2D eigenvalue weighted by atomic mass is 10.2. The Bertz CT molecular complexity index is 236. The van der Waals surface area contributed by atoms with E-state index >= 15 is 0 Å². The van der Waals surface area contributed by atoms with E-state index in [2.05, 4.69) is 4.84 Å². The zero-order chi connectivity index (χ0) is 9.56. The van der Waals surface area contributed by atoms with Crippen molar-refractivity contribution in [1.29, 1.82) is 0 Å². The number of hydrogen-bond donors (Lipinski definition) is 2. The zero-order valence-electron chi connectivity index (χ0n) is 7.66. The average Bonchev–Trinajstić information content (AvgIpc) is 2.08. The molecule has 1 aromatic rings. The van der Waals surface area contributed by atoms with Crippen LogP contribution in [-0.2, 0) is 0 Å². The second-order valence-corrected chi connectivity index (χ2v) is 2.09. The molecule has 0 aliphatic carbocycles. The van der Waals surface area contributed by atoms with Gasteiger partial charge in [-0.15, -0.1) is 0 Å². The van der Waals surface area contributed by atoms with Crippen molar-refractivity contribution in [3.8, 4) is 11.5 Å². The summed E-state index contributed by atoms with van der Waals surface area (Å²) in [4.78, 5) is 4.35. The summed E-state index contributed by atoms with van der Waals surface area (Å²) in [5.74, 6) is 5.21. The van der Waals surface area contributed by atoms with E-state index in [1.54, 1.807) is 12.1 Å². The minimum absolute atomic E-state index is 0.0718. The molecule has 12 heavy (non-hydrogen) atoms. The van der Waals surface area contributed by atoms with Gasteiger partial charge in [-0.05, 0) is 24.6 Å². The Labute approximate surface area is 72.7 Å². The van der Waals surface area contributed by atoms with Crippen LogP contribution >= 0.6 is 0 Å². The van der Waals surface area contributed by atoms with E-state index in [1.807, 2.05) is 26.8 Å². The van der Waals surface area contributed by atoms with Gasteiger partial charge in [-0.1, -0.05) is 19.9 Å². The van der Waals surface area contributed by atoms with Crippen molar-refractivity contribution in [3.05, 3.63) is 23.8 Å². The first-order valence-corrected chi connectivity index (χ1v) is 3.90. The normalized spacial score (nSPS) is 8.33. The monoisotopic (exact) mass is 169 g/mol. The molecule has 0 aromatic heterocycles. The largest absolute Gasteiger partial charge is 0.504 e. The summed E-state index contributed by atoms with van der Waals surface area (Å²) in [6.07, 6.45) is 0. The third-order valence-electron chi connectivity index (χ3n) is 1.24. The van der Waals surface area contributed by atoms with E-state index in [0.717, 1.165) is 5.56 Å². The molecule has 0 saturated carbocycles. The van der Waals surface area contributed by atoms with Crippen molar-refractivity contribution in [1.82, 2.24) is 0 Å². The minimum Gasteiger partial charge on any atom is -0.504 e. The first-order chi connectivity index (χ1) is 5.74. The van der Waals surface area contributed by atoms with Crippen LogP contribution in [0.25, 0.3) is 0 Å². The van der Waals surface area contributed by atoms with Crippen molar-refractivity contribution in [2.24, 2.45) is 5.90 Å². The maximum Gasteiger partial charge on any atom is 0.188 e. The van der Waals surface area contributed by atoms with Crippen molar-refractivity contribution in [2.75, 3.05) is 0 Å². The molecule has 0 bridgehead atoms. The molecule has 0 saturated heterocycles. The molecule has 1 rings (SSSR count). The summed E-state index contributed by atoms with van der Waals surface area (Å²) in [7, 11) is 0. The highest BCUT2D eigenvalue weighted by Crippen LogP contribution is 2.24. The van der Waals surface area contributed by atoms with Crippen molar-refractivity contribution in [2.45, 2.75) is 20.8 Å². The molecule has 0 atom stereocenters. The molecule has 0 aliphatic rings. The van der Waals surface area contributed by atoms with Crippen molar-refractivity contribution >= 4 is 0 Å². The Kier molecular flexibility index (Phi) is 4.88. The lowest BCUT2D eigenvalue weighted by Gasteiger charge is -2.00. The second kappa shape index (κ2) is 5.43. The zero-order valence-corrected chi connectivity index (χ0v) is 7.66. The molecule has 0 unspecified atom stereocenters. The van der Waals surface area contributed by atoms with Crippen LogP contribution in [0.1, 0.15) is 19.4 Å². The van der Waals surface area contributed by atoms with Crippen molar-refractivity contribution < 1.29 is 9.94 Å². The van der Waals surface area contributed by atoms with E-state index in [-0.39, 0.29) is 5.75 Å². The number of phenolic OH excluding ortho intramolecular Hbond substituents is 1. The predicted octanol–water partition coefficient (Wildman–Crippen LogP) is 1.98. The van der Waals surface area contributed by atoms with Crippen LogP contribution in [0.5, 0.6) is 11.5 Å². The first kappa shape index (κ1) is 10.8. The number of nitrogens with two attached hydrogens (primary N) is 1. The Morgan fingerprint density at radius 1 is 1.33 bits per heavy atom. The molecular formula is C9H15NO2. The van der Waals surface area contributed by atoms with Gasteiger partial charge in [-0.25, -0.2) is 0 Å². The molecule has 0 aliphatic heterocycles. The summed E-state index contributed by atoms with van der Waals surface area (Å²) >= 11 is 0. The highest BCUT2D eigenvalue weighted by molar-refractivity contribution is 5.40. The van der Waals surface area contributed by atoms with Gasteiger partial charge in [-0.3, -0.25) is 0 Å². The molecule has 3 heteroatoms. The number of phenols is 1. The topological polar surface area (TPSA) is 55.5 Å². The average molecular weight is 169 g/mol. The summed E-state index contributed by atoms with van der Waals surface area (Å²) in [6, 6.07) is 5.01. The van der Waals surface area contributed by atoms with Crippen LogP contribution in [0, 0.1) is 6.92 Å².